The van der Waals surface area contributed by atoms with Crippen LogP contribution in [0, 0.1) is 15.9 Å². The molecule has 12 heteroatoms. The lowest BCUT2D eigenvalue weighted by atomic mass is 10.1. The third-order valence-electron chi connectivity index (χ3n) is 5.31. The van der Waals surface area contributed by atoms with Gasteiger partial charge in [-0.05, 0) is 42.0 Å². The van der Waals surface area contributed by atoms with Crippen LogP contribution < -0.4 is 19.7 Å². The Morgan fingerprint density at radius 2 is 1.81 bits per heavy atom. The quantitative estimate of drug-likeness (QED) is 0.206. The highest BCUT2D eigenvalue weighted by Crippen LogP contribution is 2.38. The summed E-state index contributed by atoms with van der Waals surface area (Å²) in [6.07, 6.45) is 1.21. The molecule has 0 unspecified atom stereocenters. The summed E-state index contributed by atoms with van der Waals surface area (Å²) in [4.78, 5) is 48.9. The molecule has 188 valence electrons. The van der Waals surface area contributed by atoms with Crippen molar-refractivity contribution in [3.8, 4) is 11.5 Å². The van der Waals surface area contributed by atoms with Crippen LogP contribution in [0.5, 0.6) is 11.5 Å². The molecule has 0 atom stereocenters. The number of methoxy groups -OCH3 is 1. The first-order valence-corrected chi connectivity index (χ1v) is 11.0. The Morgan fingerprint density at radius 3 is 2.46 bits per heavy atom. The van der Waals surface area contributed by atoms with Crippen molar-refractivity contribution in [2.24, 2.45) is 0 Å². The summed E-state index contributed by atoms with van der Waals surface area (Å²) in [5.74, 6) is -2.06. The number of carbonyl (C=O) groups is 3. The highest BCUT2D eigenvalue weighted by Gasteiger charge is 2.37. The molecule has 1 fully saturated rings. The Kier molecular flexibility index (Phi) is 7.16. The van der Waals surface area contributed by atoms with Gasteiger partial charge in [-0.2, -0.15) is 0 Å². The maximum absolute atomic E-state index is 13.9. The molecule has 3 aromatic carbocycles. The van der Waals surface area contributed by atoms with Crippen molar-refractivity contribution in [3.05, 3.63) is 98.3 Å². The van der Waals surface area contributed by atoms with Crippen molar-refractivity contribution in [1.29, 1.82) is 0 Å². The normalized spacial score (nSPS) is 14.5. The van der Waals surface area contributed by atoms with Crippen LogP contribution in [0.3, 0.4) is 0 Å². The molecule has 1 N–H and O–H groups in total. The molecule has 4 amide bonds. The summed E-state index contributed by atoms with van der Waals surface area (Å²) in [7, 11) is 1.35. The van der Waals surface area contributed by atoms with Crippen molar-refractivity contribution in [1.82, 2.24) is 5.32 Å². The topological polar surface area (TPSA) is 128 Å². The average molecular weight is 526 g/mol. The zero-order valence-corrected chi connectivity index (χ0v) is 19.8. The molecule has 1 aliphatic heterocycles. The summed E-state index contributed by atoms with van der Waals surface area (Å²) < 4.78 is 24.9. The highest BCUT2D eigenvalue weighted by atomic mass is 35.5. The summed E-state index contributed by atoms with van der Waals surface area (Å²) in [6, 6.07) is 12.6. The average Bonchev–Trinajstić information content (AvgIpc) is 2.86. The largest absolute Gasteiger partial charge is 0.493 e. The Labute approximate surface area is 214 Å². The van der Waals surface area contributed by atoms with Crippen LogP contribution in [0.2, 0.25) is 5.02 Å². The van der Waals surface area contributed by atoms with E-state index >= 15 is 0 Å². The van der Waals surface area contributed by atoms with Gasteiger partial charge < -0.3 is 9.47 Å². The molecule has 1 aliphatic rings. The van der Waals surface area contributed by atoms with E-state index in [0.29, 0.717) is 10.5 Å². The van der Waals surface area contributed by atoms with Crippen LogP contribution in [0.4, 0.5) is 20.6 Å². The molecular formula is C25H17ClFN3O7. The smallest absolute Gasteiger partial charge is 0.335 e. The predicted octanol–water partition coefficient (Wildman–Crippen LogP) is 4.64. The number of imide groups is 2. The van der Waals surface area contributed by atoms with Crippen molar-refractivity contribution in [2.45, 2.75) is 6.61 Å². The number of nitro benzene ring substituents is 1. The van der Waals surface area contributed by atoms with Crippen LogP contribution in [0.25, 0.3) is 6.08 Å². The number of halogens is 2. The van der Waals surface area contributed by atoms with Gasteiger partial charge >= 0.3 is 6.03 Å². The molecule has 3 aromatic rings. The van der Waals surface area contributed by atoms with Crippen LogP contribution in [-0.4, -0.2) is 29.9 Å². The molecule has 0 aromatic heterocycles. The molecule has 0 spiro atoms. The molecule has 4 rings (SSSR count). The number of nitrogens with one attached hydrogen (secondary N) is 1. The molecule has 1 saturated heterocycles. The van der Waals surface area contributed by atoms with E-state index < -0.39 is 34.2 Å². The number of nitro groups is 1. The van der Waals surface area contributed by atoms with Gasteiger partial charge in [-0.3, -0.25) is 25.0 Å². The third kappa shape index (κ3) is 5.26. The summed E-state index contributed by atoms with van der Waals surface area (Å²) in [5, 5.41) is 13.0. The minimum absolute atomic E-state index is 0.0269. The zero-order valence-electron chi connectivity index (χ0n) is 19.1. The molecule has 0 saturated carbocycles. The fraction of sp³-hybridized carbons (Fsp3) is 0.0800. The van der Waals surface area contributed by atoms with Crippen LogP contribution in [-0.2, 0) is 16.2 Å². The number of carbonyl (C=O) groups excluding carboxylic acids is 3. The monoisotopic (exact) mass is 525 g/mol. The van der Waals surface area contributed by atoms with E-state index in [0.717, 1.165) is 12.1 Å². The maximum atomic E-state index is 13.9. The van der Waals surface area contributed by atoms with Crippen molar-refractivity contribution in [2.75, 3.05) is 12.0 Å². The number of non-ortho nitro benzene ring substituents is 1. The first kappa shape index (κ1) is 25.3. The number of rotatable bonds is 7. The SMILES string of the molecule is COc1cc(/C=C2\C(=O)NC(=O)N(c3ccc([N+](=O)[O-])cc3)C2=O)cc(Cl)c1OCc1ccccc1F. The number of hydrogen-bond acceptors (Lipinski definition) is 7. The summed E-state index contributed by atoms with van der Waals surface area (Å²) >= 11 is 6.36. The van der Waals surface area contributed by atoms with E-state index in [4.69, 9.17) is 21.1 Å². The number of amides is 4. The number of hydrogen-bond donors (Lipinski definition) is 1. The Hall–Kier alpha value is -4.77. The van der Waals surface area contributed by atoms with Gasteiger partial charge in [-0.15, -0.1) is 0 Å². The van der Waals surface area contributed by atoms with E-state index in [1.165, 1.54) is 43.5 Å². The Bertz CT molecular complexity index is 1460. The van der Waals surface area contributed by atoms with Gasteiger partial charge in [0.25, 0.3) is 17.5 Å². The first-order chi connectivity index (χ1) is 17.7. The second-order valence-corrected chi connectivity index (χ2v) is 8.05. The van der Waals surface area contributed by atoms with Crippen LogP contribution in [0.15, 0.2) is 66.2 Å². The van der Waals surface area contributed by atoms with E-state index in [-0.39, 0.29) is 40.1 Å². The minimum atomic E-state index is -1.01. The highest BCUT2D eigenvalue weighted by molar-refractivity contribution is 6.39. The lowest BCUT2D eigenvalue weighted by Crippen LogP contribution is -2.54. The molecule has 10 nitrogen and oxygen atoms in total. The number of anilines is 1. The molecule has 37 heavy (non-hydrogen) atoms. The fourth-order valence-corrected chi connectivity index (χ4v) is 3.78. The van der Waals surface area contributed by atoms with Gasteiger partial charge in [0.1, 0.15) is 18.0 Å². The number of urea groups is 1. The van der Waals surface area contributed by atoms with Gasteiger partial charge in [0.05, 0.1) is 22.7 Å². The molecular weight excluding hydrogens is 509 g/mol. The lowest BCUT2D eigenvalue weighted by Gasteiger charge is -2.26. The molecule has 0 aliphatic carbocycles. The Balaban J connectivity index is 1.64. The van der Waals surface area contributed by atoms with Crippen LogP contribution in [0.1, 0.15) is 11.1 Å². The van der Waals surface area contributed by atoms with Crippen LogP contribution >= 0.6 is 11.6 Å². The predicted molar refractivity (Wildman–Crippen MR) is 131 cm³/mol. The number of ether oxygens (including phenoxy) is 2. The van der Waals surface area contributed by atoms with Gasteiger partial charge in [0, 0.05) is 17.7 Å². The van der Waals surface area contributed by atoms with E-state index in [1.807, 2.05) is 0 Å². The van der Waals surface area contributed by atoms with Gasteiger partial charge in [-0.1, -0.05) is 29.8 Å². The van der Waals surface area contributed by atoms with Gasteiger partial charge in [0.2, 0.25) is 0 Å². The van der Waals surface area contributed by atoms with Crippen molar-refractivity contribution in [3.63, 3.8) is 0 Å². The number of benzene rings is 3. The molecule has 0 radical (unpaired) electrons. The van der Waals surface area contributed by atoms with Gasteiger partial charge in [-0.25, -0.2) is 14.1 Å². The van der Waals surface area contributed by atoms with E-state index in [9.17, 15) is 28.9 Å². The molecule has 0 bridgehead atoms. The number of nitrogens with zero attached hydrogens (tertiary/aromatic N) is 2. The first-order valence-electron chi connectivity index (χ1n) is 10.6. The molecule has 1 heterocycles. The van der Waals surface area contributed by atoms with Gasteiger partial charge in [0.15, 0.2) is 11.5 Å². The van der Waals surface area contributed by atoms with Crippen molar-refractivity contribution >= 4 is 46.9 Å². The minimum Gasteiger partial charge on any atom is -0.493 e. The Morgan fingerprint density at radius 1 is 1.11 bits per heavy atom. The lowest BCUT2D eigenvalue weighted by molar-refractivity contribution is -0.384. The third-order valence-corrected chi connectivity index (χ3v) is 5.59. The number of barbiturate groups is 1. The second-order valence-electron chi connectivity index (χ2n) is 7.65. The van der Waals surface area contributed by atoms with E-state index in [1.54, 1.807) is 18.2 Å². The second kappa shape index (κ2) is 10.5. The fourth-order valence-electron chi connectivity index (χ4n) is 3.51. The zero-order chi connectivity index (χ0) is 26.7. The van der Waals surface area contributed by atoms with Crippen molar-refractivity contribution < 1.29 is 33.2 Å². The van der Waals surface area contributed by atoms with E-state index in [2.05, 4.69) is 5.32 Å². The standard InChI is InChI=1S/C25H17ClFN3O7/c1-36-21-12-14(11-19(26)22(21)37-13-15-4-2-3-5-20(15)27)10-18-23(31)28-25(33)29(24(18)32)16-6-8-17(9-7-16)30(34)35/h2-12H,13H2,1H3,(H,28,31,33)/b18-10+. The maximum Gasteiger partial charge on any atom is 0.335 e. The summed E-state index contributed by atoms with van der Waals surface area (Å²) in [5.41, 5.74) is -0.0292. The summed E-state index contributed by atoms with van der Waals surface area (Å²) in [6.45, 7) is -0.129.